The van der Waals surface area contributed by atoms with Gasteiger partial charge in [0.2, 0.25) is 0 Å². The molecule has 0 heterocycles. The Morgan fingerprint density at radius 3 is 2.48 bits per heavy atom. The average molecular weight is 364 g/mol. The maximum Gasteiger partial charge on any atom is 0.262 e. The summed E-state index contributed by atoms with van der Waals surface area (Å²) in [7, 11) is 1.57. The van der Waals surface area contributed by atoms with E-state index in [4.69, 9.17) is 25.8 Å². The average Bonchev–Trinajstić information content (AvgIpc) is 2.62. The number of ether oxygens (including phenoxy) is 3. The van der Waals surface area contributed by atoms with E-state index in [1.807, 2.05) is 0 Å². The second kappa shape index (κ2) is 9.79. The molecule has 0 aliphatic rings. The quantitative estimate of drug-likeness (QED) is 0.664. The van der Waals surface area contributed by atoms with E-state index in [-0.39, 0.29) is 12.5 Å². The van der Waals surface area contributed by atoms with Crippen LogP contribution >= 0.6 is 11.6 Å². The third kappa shape index (κ3) is 6.19. The zero-order valence-corrected chi connectivity index (χ0v) is 15.1. The van der Waals surface area contributed by atoms with Gasteiger partial charge in [-0.15, -0.1) is 0 Å². The lowest BCUT2D eigenvalue weighted by Gasteiger charge is -2.14. The predicted molar refractivity (Wildman–Crippen MR) is 99.0 cm³/mol. The Balaban J connectivity index is 1.98. The molecule has 0 spiro atoms. The Kier molecular flexibility index (Phi) is 7.41. The number of rotatable bonds is 9. The third-order valence-electron chi connectivity index (χ3n) is 3.40. The van der Waals surface area contributed by atoms with Gasteiger partial charge in [-0.1, -0.05) is 24.9 Å². The highest BCUT2D eigenvalue weighted by molar-refractivity contribution is 6.30. The van der Waals surface area contributed by atoms with Crippen molar-refractivity contribution in [3.8, 4) is 17.2 Å². The van der Waals surface area contributed by atoms with Crippen LogP contribution in [0, 0.1) is 0 Å². The maximum atomic E-state index is 12.2. The molecule has 0 radical (unpaired) electrons. The van der Waals surface area contributed by atoms with Crippen molar-refractivity contribution in [3.05, 3.63) is 47.5 Å². The molecule has 0 aliphatic heterocycles. The number of amides is 1. The Labute approximate surface area is 152 Å². The van der Waals surface area contributed by atoms with Crippen LogP contribution in [0.2, 0.25) is 5.02 Å². The molecule has 5 nitrogen and oxygen atoms in total. The zero-order chi connectivity index (χ0) is 18.1. The van der Waals surface area contributed by atoms with E-state index in [1.165, 1.54) is 0 Å². The van der Waals surface area contributed by atoms with Gasteiger partial charge in [-0.05, 0) is 42.8 Å². The minimum absolute atomic E-state index is 0.118. The van der Waals surface area contributed by atoms with E-state index in [1.54, 1.807) is 49.6 Å². The van der Waals surface area contributed by atoms with Gasteiger partial charge in [0.05, 0.1) is 19.4 Å². The first kappa shape index (κ1) is 18.9. The number of nitrogens with one attached hydrogen (secondary N) is 1. The summed E-state index contributed by atoms with van der Waals surface area (Å²) in [6, 6.07) is 12.1. The number of halogens is 1. The van der Waals surface area contributed by atoms with Crippen LogP contribution in [0.15, 0.2) is 42.5 Å². The summed E-state index contributed by atoms with van der Waals surface area (Å²) in [5.41, 5.74) is 0.556. The van der Waals surface area contributed by atoms with Gasteiger partial charge in [0, 0.05) is 11.1 Å². The number of carbonyl (C=O) groups is 1. The van der Waals surface area contributed by atoms with Crippen LogP contribution in [0.5, 0.6) is 17.2 Å². The molecule has 0 bridgehead atoms. The first-order valence-electron chi connectivity index (χ1n) is 8.11. The zero-order valence-electron chi connectivity index (χ0n) is 14.4. The fraction of sp³-hybridized carbons (Fsp3) is 0.316. The van der Waals surface area contributed by atoms with Crippen molar-refractivity contribution in [2.24, 2.45) is 0 Å². The van der Waals surface area contributed by atoms with Crippen LogP contribution in [0.25, 0.3) is 0 Å². The lowest BCUT2D eigenvalue weighted by Crippen LogP contribution is -2.20. The SMILES string of the molecule is CCCCOc1ccc(OC)cc1NC(=O)COc1ccc(Cl)cc1. The molecule has 0 aromatic heterocycles. The van der Waals surface area contributed by atoms with Gasteiger partial charge < -0.3 is 19.5 Å². The molecule has 2 aromatic rings. The smallest absolute Gasteiger partial charge is 0.262 e. The molecular formula is C19H22ClNO4. The first-order valence-corrected chi connectivity index (χ1v) is 8.49. The van der Waals surface area contributed by atoms with E-state index in [0.29, 0.717) is 34.6 Å². The topological polar surface area (TPSA) is 56.8 Å². The molecule has 6 heteroatoms. The number of methoxy groups -OCH3 is 1. The summed E-state index contributed by atoms with van der Waals surface area (Å²) in [5, 5.41) is 3.41. The predicted octanol–water partition coefficient (Wildman–Crippen LogP) is 4.55. The normalized spacial score (nSPS) is 10.2. The lowest BCUT2D eigenvalue weighted by atomic mass is 10.2. The van der Waals surface area contributed by atoms with Crippen molar-refractivity contribution >= 4 is 23.2 Å². The van der Waals surface area contributed by atoms with Crippen LogP contribution in [0.3, 0.4) is 0 Å². The summed E-state index contributed by atoms with van der Waals surface area (Å²) in [5.74, 6) is 1.53. The number of hydrogen-bond donors (Lipinski definition) is 1. The Morgan fingerprint density at radius 2 is 1.80 bits per heavy atom. The summed E-state index contributed by atoms with van der Waals surface area (Å²) >= 11 is 5.82. The molecule has 134 valence electrons. The summed E-state index contributed by atoms with van der Waals surface area (Å²) in [4.78, 5) is 12.2. The highest BCUT2D eigenvalue weighted by atomic mass is 35.5. The highest BCUT2D eigenvalue weighted by Crippen LogP contribution is 2.29. The number of benzene rings is 2. The van der Waals surface area contributed by atoms with Crippen LogP contribution < -0.4 is 19.5 Å². The second-order valence-electron chi connectivity index (χ2n) is 5.35. The van der Waals surface area contributed by atoms with E-state index in [9.17, 15) is 4.79 Å². The molecule has 0 fully saturated rings. The fourth-order valence-corrected chi connectivity index (χ4v) is 2.18. The van der Waals surface area contributed by atoms with Gasteiger partial charge in [0.25, 0.3) is 5.91 Å². The standard InChI is InChI=1S/C19H22ClNO4/c1-3-4-11-24-18-10-9-16(23-2)12-17(18)21-19(22)13-25-15-7-5-14(20)6-8-15/h5-10,12H,3-4,11,13H2,1-2H3,(H,21,22). The largest absolute Gasteiger partial charge is 0.497 e. The number of carbonyl (C=O) groups excluding carboxylic acids is 1. The Bertz CT molecular complexity index is 688. The number of anilines is 1. The molecule has 0 aliphatic carbocycles. The first-order chi connectivity index (χ1) is 12.1. The van der Waals surface area contributed by atoms with Crippen molar-refractivity contribution in [2.75, 3.05) is 25.6 Å². The Morgan fingerprint density at radius 1 is 1.08 bits per heavy atom. The maximum absolute atomic E-state index is 12.2. The molecule has 25 heavy (non-hydrogen) atoms. The molecule has 1 N–H and O–H groups in total. The molecule has 2 rings (SSSR count). The van der Waals surface area contributed by atoms with Crippen molar-refractivity contribution in [1.29, 1.82) is 0 Å². The molecular weight excluding hydrogens is 342 g/mol. The van der Waals surface area contributed by atoms with Crippen LogP contribution in [-0.4, -0.2) is 26.2 Å². The molecule has 0 saturated carbocycles. The molecule has 1 amide bonds. The molecule has 0 saturated heterocycles. The van der Waals surface area contributed by atoms with E-state index in [0.717, 1.165) is 12.8 Å². The van der Waals surface area contributed by atoms with Crippen molar-refractivity contribution in [1.82, 2.24) is 0 Å². The van der Waals surface area contributed by atoms with Crippen molar-refractivity contribution in [2.45, 2.75) is 19.8 Å². The van der Waals surface area contributed by atoms with E-state index in [2.05, 4.69) is 12.2 Å². The Hall–Kier alpha value is -2.40. The molecule has 0 atom stereocenters. The van der Waals surface area contributed by atoms with Crippen molar-refractivity contribution in [3.63, 3.8) is 0 Å². The monoisotopic (exact) mass is 363 g/mol. The van der Waals surface area contributed by atoms with Crippen molar-refractivity contribution < 1.29 is 19.0 Å². The molecule has 0 unspecified atom stereocenters. The highest BCUT2D eigenvalue weighted by Gasteiger charge is 2.10. The van der Waals surface area contributed by atoms with Crippen LogP contribution in [0.4, 0.5) is 5.69 Å². The van der Waals surface area contributed by atoms with Crippen LogP contribution in [0.1, 0.15) is 19.8 Å². The van der Waals surface area contributed by atoms with Gasteiger partial charge >= 0.3 is 0 Å². The van der Waals surface area contributed by atoms with Gasteiger partial charge in [-0.25, -0.2) is 0 Å². The molecule has 2 aromatic carbocycles. The van der Waals surface area contributed by atoms with Gasteiger partial charge in [-0.3, -0.25) is 4.79 Å². The lowest BCUT2D eigenvalue weighted by molar-refractivity contribution is -0.118. The van der Waals surface area contributed by atoms with Gasteiger partial charge in [-0.2, -0.15) is 0 Å². The summed E-state index contributed by atoms with van der Waals surface area (Å²) in [6.45, 7) is 2.56. The van der Waals surface area contributed by atoms with E-state index >= 15 is 0 Å². The summed E-state index contributed by atoms with van der Waals surface area (Å²) in [6.07, 6.45) is 1.98. The van der Waals surface area contributed by atoms with Crippen LogP contribution in [-0.2, 0) is 4.79 Å². The minimum atomic E-state index is -0.288. The second-order valence-corrected chi connectivity index (χ2v) is 5.79. The van der Waals surface area contributed by atoms with Gasteiger partial charge in [0.1, 0.15) is 17.2 Å². The summed E-state index contributed by atoms with van der Waals surface area (Å²) < 4.78 is 16.4. The van der Waals surface area contributed by atoms with Gasteiger partial charge in [0.15, 0.2) is 6.61 Å². The third-order valence-corrected chi connectivity index (χ3v) is 3.65. The number of hydrogen-bond acceptors (Lipinski definition) is 4. The fourth-order valence-electron chi connectivity index (χ4n) is 2.05. The minimum Gasteiger partial charge on any atom is -0.497 e. The van der Waals surface area contributed by atoms with E-state index < -0.39 is 0 Å². The number of unbranched alkanes of at least 4 members (excludes halogenated alkanes) is 1.